The van der Waals surface area contributed by atoms with Crippen LogP contribution in [0.5, 0.6) is 0 Å². The first-order valence-electron chi connectivity index (χ1n) is 8.31. The van der Waals surface area contributed by atoms with E-state index in [1.54, 1.807) is 14.7 Å². The minimum absolute atomic E-state index is 0.0448. The predicted octanol–water partition coefficient (Wildman–Crippen LogP) is 1.87. The van der Waals surface area contributed by atoms with E-state index in [2.05, 4.69) is 0 Å². The van der Waals surface area contributed by atoms with E-state index in [4.69, 9.17) is 18.9 Å². The summed E-state index contributed by atoms with van der Waals surface area (Å²) in [5.74, 6) is 0.793. The number of hydrogen-bond donors (Lipinski definition) is 1. The van der Waals surface area contributed by atoms with Gasteiger partial charge in [0.15, 0.2) is 0 Å². The van der Waals surface area contributed by atoms with Gasteiger partial charge in [0.2, 0.25) is 0 Å². The summed E-state index contributed by atoms with van der Waals surface area (Å²) in [4.78, 5) is 1.84. The first kappa shape index (κ1) is 21.2. The maximum absolute atomic E-state index is 10.3. The van der Waals surface area contributed by atoms with E-state index in [-0.39, 0.29) is 6.10 Å². The van der Waals surface area contributed by atoms with Crippen LogP contribution in [0.4, 0.5) is 0 Å². The highest BCUT2D eigenvalue weighted by Crippen LogP contribution is 2.17. The summed E-state index contributed by atoms with van der Waals surface area (Å²) in [7, 11) is 5.08. The lowest BCUT2D eigenvalue weighted by molar-refractivity contribution is -0.0961. The Bertz CT molecular complexity index is 439. The molecule has 6 nitrogen and oxygen atoms in total. The van der Waals surface area contributed by atoms with Crippen LogP contribution in [-0.2, 0) is 18.9 Å². The van der Waals surface area contributed by atoms with Gasteiger partial charge in [-0.05, 0) is 46.4 Å². The molecule has 1 radical (unpaired) electrons. The van der Waals surface area contributed by atoms with Crippen LogP contribution < -0.4 is 0 Å². The second-order valence-corrected chi connectivity index (χ2v) is 6.39. The van der Waals surface area contributed by atoms with Crippen LogP contribution in [-0.4, -0.2) is 69.4 Å². The Morgan fingerprint density at radius 1 is 1.50 bits per heavy atom. The SMILES string of the molecule is CO[B]N(C)C(C)(C)OCC[C@H](O)/C(C)=C/C=C1/OCCOC1C. The number of aliphatic hydroxyl groups is 1. The van der Waals surface area contributed by atoms with Gasteiger partial charge in [-0.25, -0.2) is 0 Å². The fourth-order valence-electron chi connectivity index (χ4n) is 2.13. The van der Waals surface area contributed by atoms with Gasteiger partial charge in [0.1, 0.15) is 24.2 Å². The summed E-state index contributed by atoms with van der Waals surface area (Å²) in [6, 6.07) is 0. The van der Waals surface area contributed by atoms with Crippen molar-refractivity contribution in [1.82, 2.24) is 4.81 Å². The maximum Gasteiger partial charge on any atom is 0.400 e. The average molecular weight is 340 g/mol. The Labute approximate surface area is 146 Å². The molecule has 1 saturated heterocycles. The van der Waals surface area contributed by atoms with Crippen molar-refractivity contribution in [2.24, 2.45) is 0 Å². The van der Waals surface area contributed by atoms with E-state index >= 15 is 0 Å². The molecule has 1 aliphatic heterocycles. The van der Waals surface area contributed by atoms with E-state index in [1.165, 1.54) is 0 Å². The number of allylic oxidation sites excluding steroid dienone is 2. The normalized spacial score (nSPS) is 22.6. The summed E-state index contributed by atoms with van der Waals surface area (Å²) in [5, 5.41) is 10.3. The van der Waals surface area contributed by atoms with E-state index in [9.17, 15) is 5.11 Å². The van der Waals surface area contributed by atoms with Gasteiger partial charge < -0.3 is 24.0 Å². The van der Waals surface area contributed by atoms with Gasteiger partial charge in [-0.15, -0.1) is 0 Å². The Balaban J connectivity index is 2.45. The van der Waals surface area contributed by atoms with Crippen LogP contribution in [0.25, 0.3) is 0 Å². The highest BCUT2D eigenvalue weighted by molar-refractivity contribution is 6.23. The van der Waals surface area contributed by atoms with Crippen molar-refractivity contribution in [2.45, 2.75) is 52.0 Å². The summed E-state index contributed by atoms with van der Waals surface area (Å²) < 4.78 is 21.9. The largest absolute Gasteiger partial charge is 0.493 e. The molecule has 0 amide bonds. The zero-order valence-corrected chi connectivity index (χ0v) is 15.7. The number of ether oxygens (including phenoxy) is 3. The zero-order valence-electron chi connectivity index (χ0n) is 15.7. The van der Waals surface area contributed by atoms with E-state index < -0.39 is 11.8 Å². The Kier molecular flexibility index (Phi) is 9.01. The molecule has 1 rings (SSSR count). The van der Waals surface area contributed by atoms with Gasteiger partial charge in [0, 0.05) is 13.5 Å². The van der Waals surface area contributed by atoms with E-state index in [0.29, 0.717) is 26.2 Å². The van der Waals surface area contributed by atoms with Gasteiger partial charge in [0.25, 0.3) is 0 Å². The molecule has 0 aliphatic carbocycles. The highest BCUT2D eigenvalue weighted by Gasteiger charge is 2.25. The summed E-state index contributed by atoms with van der Waals surface area (Å²) >= 11 is 0. The smallest absolute Gasteiger partial charge is 0.400 e. The Hall–Kier alpha value is -0.855. The molecule has 2 atom stereocenters. The van der Waals surface area contributed by atoms with Crippen molar-refractivity contribution in [3.8, 4) is 0 Å². The van der Waals surface area contributed by atoms with E-state index in [0.717, 1.165) is 11.3 Å². The molecular formula is C17H31BNO5. The second-order valence-electron chi connectivity index (χ2n) is 6.39. The third kappa shape index (κ3) is 6.95. The lowest BCUT2D eigenvalue weighted by Crippen LogP contribution is -2.46. The van der Waals surface area contributed by atoms with Crippen molar-refractivity contribution in [3.05, 3.63) is 23.5 Å². The predicted molar refractivity (Wildman–Crippen MR) is 94.4 cm³/mol. The van der Waals surface area contributed by atoms with Gasteiger partial charge >= 0.3 is 7.62 Å². The zero-order chi connectivity index (χ0) is 18.2. The van der Waals surface area contributed by atoms with Crippen molar-refractivity contribution in [2.75, 3.05) is 34.0 Å². The Morgan fingerprint density at radius 2 is 2.21 bits per heavy atom. The minimum atomic E-state index is -0.561. The summed E-state index contributed by atoms with van der Waals surface area (Å²) in [5.41, 5.74) is 0.361. The molecule has 24 heavy (non-hydrogen) atoms. The number of nitrogens with zero attached hydrogens (tertiary/aromatic N) is 1. The van der Waals surface area contributed by atoms with Crippen molar-refractivity contribution in [3.63, 3.8) is 0 Å². The highest BCUT2D eigenvalue weighted by atomic mass is 16.6. The molecule has 7 heteroatoms. The fourth-order valence-corrected chi connectivity index (χ4v) is 2.13. The molecule has 137 valence electrons. The lowest BCUT2D eigenvalue weighted by atomic mass is 10.1. The first-order chi connectivity index (χ1) is 11.3. The average Bonchev–Trinajstić information content (AvgIpc) is 2.53. The molecule has 0 spiro atoms. The van der Waals surface area contributed by atoms with Crippen molar-refractivity contribution in [1.29, 1.82) is 0 Å². The van der Waals surface area contributed by atoms with Crippen LogP contribution >= 0.6 is 0 Å². The Morgan fingerprint density at radius 3 is 2.83 bits per heavy atom. The molecule has 1 N–H and O–H groups in total. The standard InChI is InChI=1S/C17H31BNO5/c1-13(7-8-16-14(2)22-11-12-23-16)15(20)9-10-24-17(3,4)19(5)18-21-6/h7-8,14-15,20H,9-12H2,1-6H3/b13-7+,16-8+/t14?,15-/m0/s1. The van der Waals surface area contributed by atoms with Crippen LogP contribution in [0.1, 0.15) is 34.1 Å². The van der Waals surface area contributed by atoms with Gasteiger partial charge in [-0.3, -0.25) is 4.81 Å². The molecule has 1 unspecified atom stereocenters. The van der Waals surface area contributed by atoms with Gasteiger partial charge in [-0.1, -0.05) is 6.08 Å². The van der Waals surface area contributed by atoms with Crippen LogP contribution in [0.2, 0.25) is 0 Å². The van der Waals surface area contributed by atoms with E-state index in [1.807, 2.05) is 51.7 Å². The van der Waals surface area contributed by atoms with Crippen molar-refractivity contribution >= 4 is 7.62 Å². The summed E-state index contributed by atoms with van der Waals surface area (Å²) in [6.45, 7) is 9.37. The molecule has 0 aromatic heterocycles. The third-order valence-corrected chi connectivity index (χ3v) is 4.12. The van der Waals surface area contributed by atoms with Crippen LogP contribution in [0.15, 0.2) is 23.5 Å². The van der Waals surface area contributed by atoms with Crippen LogP contribution in [0.3, 0.4) is 0 Å². The van der Waals surface area contributed by atoms with Gasteiger partial charge in [0.05, 0.1) is 19.3 Å². The van der Waals surface area contributed by atoms with Crippen molar-refractivity contribution < 1.29 is 24.0 Å². The van der Waals surface area contributed by atoms with Crippen LogP contribution in [0, 0.1) is 0 Å². The first-order valence-corrected chi connectivity index (χ1v) is 8.31. The molecule has 0 bridgehead atoms. The second kappa shape index (κ2) is 10.2. The molecule has 1 fully saturated rings. The quantitative estimate of drug-likeness (QED) is 0.511. The number of rotatable bonds is 9. The summed E-state index contributed by atoms with van der Waals surface area (Å²) in [6.07, 6.45) is 3.66. The molecule has 0 saturated carbocycles. The topological polar surface area (TPSA) is 60.4 Å². The molecular weight excluding hydrogens is 309 g/mol. The molecule has 1 aliphatic rings. The fraction of sp³-hybridized carbons (Fsp3) is 0.765. The molecule has 0 aromatic rings. The third-order valence-electron chi connectivity index (χ3n) is 4.12. The maximum atomic E-state index is 10.3. The van der Waals surface area contributed by atoms with Gasteiger partial charge in [-0.2, -0.15) is 0 Å². The number of aliphatic hydroxyl groups excluding tert-OH is 1. The monoisotopic (exact) mass is 340 g/mol. The molecule has 1 heterocycles. The lowest BCUT2D eigenvalue weighted by Gasteiger charge is -2.34. The minimum Gasteiger partial charge on any atom is -0.493 e. The molecule has 0 aromatic carbocycles. The number of hydrogen-bond acceptors (Lipinski definition) is 6.